The van der Waals surface area contributed by atoms with Gasteiger partial charge in [0.1, 0.15) is 0 Å². The third-order valence-corrected chi connectivity index (χ3v) is 5.70. The molecule has 2 rings (SSSR count). The Morgan fingerprint density at radius 2 is 2.00 bits per heavy atom. The van der Waals surface area contributed by atoms with E-state index in [0.29, 0.717) is 11.0 Å². The normalized spacial score (nSPS) is 14.3. The van der Waals surface area contributed by atoms with Gasteiger partial charge in [0.05, 0.1) is 34.8 Å². The Morgan fingerprint density at radius 3 is 2.57 bits per heavy atom. The Kier molecular flexibility index (Phi) is 4.61. The number of aliphatic hydroxyl groups is 1. The van der Waals surface area contributed by atoms with E-state index >= 15 is 0 Å². The number of likely N-dealkylation sites (N-methyl/N-ethyl adjacent to an activating group) is 1. The summed E-state index contributed by atoms with van der Waals surface area (Å²) in [5.74, 6) is 0. The van der Waals surface area contributed by atoms with Crippen LogP contribution >= 0.6 is 0 Å². The monoisotopic (exact) mass is 339 g/mol. The summed E-state index contributed by atoms with van der Waals surface area (Å²) >= 11 is 0. The molecule has 126 valence electrons. The number of aromatic nitrogens is 2. The highest BCUT2D eigenvalue weighted by Gasteiger charge is 2.35. The lowest BCUT2D eigenvalue weighted by molar-refractivity contribution is 0.115. The predicted molar refractivity (Wildman–Crippen MR) is 87.6 cm³/mol. The minimum absolute atomic E-state index is 0.0646. The fraction of sp³-hybridized carbons (Fsp3) is 0.467. The van der Waals surface area contributed by atoms with Crippen LogP contribution in [0.2, 0.25) is 0 Å². The molecular weight excluding hydrogens is 318 g/mol. The molecule has 0 radical (unpaired) electrons. The first-order valence-corrected chi connectivity index (χ1v) is 8.59. The van der Waals surface area contributed by atoms with Crippen molar-refractivity contribution in [1.82, 2.24) is 14.3 Å². The van der Waals surface area contributed by atoms with Crippen LogP contribution < -0.4 is 5.56 Å². The largest absolute Gasteiger partial charge is 0.395 e. The number of rotatable bonds is 4. The fourth-order valence-electron chi connectivity index (χ4n) is 2.45. The quantitative estimate of drug-likeness (QED) is 0.863. The van der Waals surface area contributed by atoms with E-state index in [1.165, 1.54) is 29.6 Å². The third-order valence-electron chi connectivity index (χ3n) is 3.84. The molecule has 1 atom stereocenters. The highest BCUT2D eigenvalue weighted by Crippen LogP contribution is 2.28. The molecule has 1 unspecified atom stereocenters. The summed E-state index contributed by atoms with van der Waals surface area (Å²) in [6.45, 7) is 5.32. The molecule has 8 heteroatoms. The Balaban J connectivity index is 2.50. The van der Waals surface area contributed by atoms with Gasteiger partial charge in [0.15, 0.2) is 0 Å². The molecule has 0 fully saturated rings. The number of aromatic amines is 1. The average molecular weight is 339 g/mol. The molecule has 0 saturated heterocycles. The van der Waals surface area contributed by atoms with Crippen LogP contribution in [-0.2, 0) is 10.0 Å². The maximum Gasteiger partial charge on any atom is 0.266 e. The van der Waals surface area contributed by atoms with Crippen LogP contribution in [0, 0.1) is 5.41 Å². The van der Waals surface area contributed by atoms with Crippen LogP contribution in [0.25, 0.3) is 11.0 Å². The average Bonchev–Trinajstić information content (AvgIpc) is 2.45. The van der Waals surface area contributed by atoms with Crippen molar-refractivity contribution in [3.05, 3.63) is 34.7 Å². The van der Waals surface area contributed by atoms with Gasteiger partial charge in [0.2, 0.25) is 10.0 Å². The molecule has 2 aromatic rings. The summed E-state index contributed by atoms with van der Waals surface area (Å²) in [4.78, 5) is 17.8. The minimum atomic E-state index is -3.79. The first-order valence-electron chi connectivity index (χ1n) is 7.15. The topological polar surface area (TPSA) is 103 Å². The van der Waals surface area contributed by atoms with E-state index in [1.54, 1.807) is 0 Å². The first-order chi connectivity index (χ1) is 10.6. The summed E-state index contributed by atoms with van der Waals surface area (Å²) in [6.07, 6.45) is 1.11. The van der Waals surface area contributed by atoms with Crippen molar-refractivity contribution >= 4 is 21.1 Å². The molecule has 23 heavy (non-hydrogen) atoms. The number of H-pyrrole nitrogens is 1. The molecule has 0 saturated carbocycles. The molecule has 1 heterocycles. The lowest BCUT2D eigenvalue weighted by Gasteiger charge is -2.35. The number of nitrogens with zero attached hydrogens (tertiary/aromatic N) is 2. The van der Waals surface area contributed by atoms with E-state index in [1.807, 2.05) is 20.8 Å². The van der Waals surface area contributed by atoms with Crippen molar-refractivity contribution in [3.63, 3.8) is 0 Å². The zero-order chi connectivity index (χ0) is 17.4. The first kappa shape index (κ1) is 17.6. The van der Waals surface area contributed by atoms with E-state index in [-0.39, 0.29) is 17.1 Å². The summed E-state index contributed by atoms with van der Waals surface area (Å²) in [5, 5.41) is 9.59. The lowest BCUT2D eigenvalue weighted by Crippen LogP contribution is -2.47. The molecule has 0 aliphatic carbocycles. The zero-order valence-corrected chi connectivity index (χ0v) is 14.4. The van der Waals surface area contributed by atoms with Gasteiger partial charge in [-0.05, 0) is 23.6 Å². The molecule has 0 aliphatic rings. The van der Waals surface area contributed by atoms with Gasteiger partial charge in [-0.15, -0.1) is 0 Å². The van der Waals surface area contributed by atoms with E-state index in [4.69, 9.17) is 0 Å². The van der Waals surface area contributed by atoms with Crippen LogP contribution in [0.5, 0.6) is 0 Å². The maximum atomic E-state index is 12.8. The van der Waals surface area contributed by atoms with Crippen LogP contribution in [-0.4, -0.2) is 47.5 Å². The zero-order valence-electron chi connectivity index (χ0n) is 13.6. The lowest BCUT2D eigenvalue weighted by atomic mass is 9.87. The molecule has 0 amide bonds. The summed E-state index contributed by atoms with van der Waals surface area (Å²) < 4.78 is 26.8. The van der Waals surface area contributed by atoms with Gasteiger partial charge >= 0.3 is 0 Å². The predicted octanol–water partition coefficient (Wildman–Crippen LogP) is 0.951. The Bertz CT molecular complexity index is 868. The van der Waals surface area contributed by atoms with Crippen molar-refractivity contribution in [3.8, 4) is 0 Å². The summed E-state index contributed by atoms with van der Waals surface area (Å²) in [6, 6.07) is 3.78. The second-order valence-electron chi connectivity index (χ2n) is 6.51. The van der Waals surface area contributed by atoms with E-state index < -0.39 is 21.5 Å². The van der Waals surface area contributed by atoms with Gasteiger partial charge in [-0.2, -0.15) is 4.31 Å². The van der Waals surface area contributed by atoms with Crippen LogP contribution in [0.1, 0.15) is 20.8 Å². The Hall–Kier alpha value is -1.77. The second-order valence-corrected chi connectivity index (χ2v) is 8.51. The van der Waals surface area contributed by atoms with Gasteiger partial charge < -0.3 is 10.1 Å². The number of benzene rings is 1. The molecular formula is C15H21N3O4S. The minimum Gasteiger partial charge on any atom is -0.395 e. The van der Waals surface area contributed by atoms with Crippen molar-refractivity contribution < 1.29 is 13.5 Å². The number of fused-ring (bicyclic) bond motifs is 1. The van der Waals surface area contributed by atoms with Gasteiger partial charge in [-0.25, -0.2) is 13.4 Å². The number of aliphatic hydroxyl groups excluding tert-OH is 1. The van der Waals surface area contributed by atoms with E-state index in [0.717, 1.165) is 6.20 Å². The third kappa shape index (κ3) is 3.44. The molecule has 0 spiro atoms. The number of hydrogen-bond acceptors (Lipinski definition) is 5. The van der Waals surface area contributed by atoms with Crippen LogP contribution in [0.15, 0.2) is 34.1 Å². The van der Waals surface area contributed by atoms with Crippen molar-refractivity contribution in [2.45, 2.75) is 31.7 Å². The van der Waals surface area contributed by atoms with Crippen LogP contribution in [0.3, 0.4) is 0 Å². The summed E-state index contributed by atoms with van der Waals surface area (Å²) in [7, 11) is -2.34. The molecule has 1 aromatic heterocycles. The summed E-state index contributed by atoms with van der Waals surface area (Å²) in [5.41, 5.74) is 0.0824. The molecule has 0 aliphatic heterocycles. The van der Waals surface area contributed by atoms with Crippen molar-refractivity contribution in [2.75, 3.05) is 13.7 Å². The highest BCUT2D eigenvalue weighted by atomic mass is 32.2. The van der Waals surface area contributed by atoms with Gasteiger partial charge in [-0.1, -0.05) is 20.8 Å². The standard InChI is InChI=1S/C15H21N3O4S/c1-15(2,3)13(9-19)18(4)23(21,22)10-5-6-11-12(7-10)16-8-14(20)17-11/h5-8,13,19H,9H2,1-4H3,(H,17,20). The van der Waals surface area contributed by atoms with Crippen molar-refractivity contribution in [2.24, 2.45) is 5.41 Å². The maximum absolute atomic E-state index is 12.8. The number of nitrogens with one attached hydrogen (secondary N) is 1. The Morgan fingerprint density at radius 1 is 1.35 bits per heavy atom. The fourth-order valence-corrected chi connectivity index (χ4v) is 4.00. The number of hydrogen-bond donors (Lipinski definition) is 2. The molecule has 0 bridgehead atoms. The van der Waals surface area contributed by atoms with E-state index in [2.05, 4.69) is 9.97 Å². The van der Waals surface area contributed by atoms with E-state index in [9.17, 15) is 18.3 Å². The highest BCUT2D eigenvalue weighted by molar-refractivity contribution is 7.89. The van der Waals surface area contributed by atoms with Crippen LogP contribution in [0.4, 0.5) is 0 Å². The van der Waals surface area contributed by atoms with Crippen molar-refractivity contribution in [1.29, 1.82) is 0 Å². The SMILES string of the molecule is CN(C(CO)C(C)(C)C)S(=O)(=O)c1ccc2[nH]c(=O)cnc2c1. The second kappa shape index (κ2) is 6.03. The number of sulfonamides is 1. The molecule has 7 nitrogen and oxygen atoms in total. The molecule has 2 N–H and O–H groups in total. The van der Waals surface area contributed by atoms with Gasteiger partial charge in [0, 0.05) is 7.05 Å². The van der Waals surface area contributed by atoms with Gasteiger partial charge in [-0.3, -0.25) is 4.79 Å². The Labute approximate surface area is 135 Å². The molecule has 1 aromatic carbocycles. The smallest absolute Gasteiger partial charge is 0.266 e. The van der Waals surface area contributed by atoms with Gasteiger partial charge in [0.25, 0.3) is 5.56 Å².